The monoisotopic (exact) mass is 166 g/mol. The molecule has 0 saturated heterocycles. The Morgan fingerprint density at radius 3 is 2.92 bits per heavy atom. The largest absolute Gasteiger partial charge is 0.481 e. The van der Waals surface area contributed by atoms with E-state index in [9.17, 15) is 4.79 Å². The summed E-state index contributed by atoms with van der Waals surface area (Å²) in [5.74, 6) is -1.34. The Labute approximate surface area is 70.3 Å². The molecule has 12 heavy (non-hydrogen) atoms. The van der Waals surface area contributed by atoms with E-state index in [1.807, 2.05) is 6.92 Å². The van der Waals surface area contributed by atoms with Gasteiger partial charge in [0.1, 0.15) is 6.33 Å². The summed E-state index contributed by atoms with van der Waals surface area (Å²) < 4.78 is 0. The van der Waals surface area contributed by atoms with Gasteiger partial charge in [0.25, 0.3) is 0 Å². The molecule has 1 rings (SSSR count). The first kappa shape index (κ1) is 8.64. The fourth-order valence-electron chi connectivity index (χ4n) is 1.02. The van der Waals surface area contributed by atoms with E-state index in [0.717, 1.165) is 0 Å². The Bertz CT molecular complexity index is 261. The molecular formula is C8H10N2O2. The third-order valence-electron chi connectivity index (χ3n) is 1.67. The number of nitrogens with zero attached hydrogens (tertiary/aromatic N) is 2. The molecule has 1 atom stereocenters. The summed E-state index contributed by atoms with van der Waals surface area (Å²) in [6.45, 7) is 1.82. The quantitative estimate of drug-likeness (QED) is 0.729. The van der Waals surface area contributed by atoms with Crippen LogP contribution in [0.15, 0.2) is 18.6 Å². The number of aliphatic carboxylic acids is 1. The smallest absolute Gasteiger partial charge is 0.312 e. The highest BCUT2D eigenvalue weighted by Gasteiger charge is 2.17. The van der Waals surface area contributed by atoms with Crippen LogP contribution in [0.1, 0.15) is 25.0 Å². The third-order valence-corrected chi connectivity index (χ3v) is 1.67. The van der Waals surface area contributed by atoms with Gasteiger partial charge in [-0.2, -0.15) is 0 Å². The molecule has 4 heteroatoms. The first-order chi connectivity index (χ1) is 5.75. The highest BCUT2D eigenvalue weighted by molar-refractivity contribution is 5.75. The maximum atomic E-state index is 10.7. The van der Waals surface area contributed by atoms with Crippen LogP contribution in [0.2, 0.25) is 0 Å². The number of aromatic nitrogens is 2. The maximum absolute atomic E-state index is 10.7. The predicted molar refractivity (Wildman–Crippen MR) is 42.7 cm³/mol. The van der Waals surface area contributed by atoms with E-state index in [0.29, 0.717) is 12.1 Å². The number of rotatable bonds is 3. The zero-order chi connectivity index (χ0) is 8.97. The molecule has 1 aromatic rings. The van der Waals surface area contributed by atoms with E-state index in [1.54, 1.807) is 12.3 Å². The van der Waals surface area contributed by atoms with Crippen LogP contribution < -0.4 is 0 Å². The molecule has 0 amide bonds. The molecule has 0 aliphatic rings. The summed E-state index contributed by atoms with van der Waals surface area (Å²) >= 11 is 0. The molecule has 0 radical (unpaired) electrons. The fraction of sp³-hybridized carbons (Fsp3) is 0.375. The second-order valence-electron chi connectivity index (χ2n) is 2.43. The zero-order valence-corrected chi connectivity index (χ0v) is 6.77. The minimum absolute atomic E-state index is 0.506. The SMILES string of the molecule is CCC(C(=O)O)c1ccncn1. The average molecular weight is 166 g/mol. The van der Waals surface area contributed by atoms with Crippen LogP contribution in [-0.4, -0.2) is 21.0 Å². The highest BCUT2D eigenvalue weighted by Crippen LogP contribution is 2.15. The van der Waals surface area contributed by atoms with E-state index >= 15 is 0 Å². The molecule has 0 aromatic carbocycles. The first-order valence-electron chi connectivity index (χ1n) is 3.74. The van der Waals surface area contributed by atoms with Crippen LogP contribution in [-0.2, 0) is 4.79 Å². The molecule has 64 valence electrons. The zero-order valence-electron chi connectivity index (χ0n) is 6.77. The van der Waals surface area contributed by atoms with E-state index < -0.39 is 11.9 Å². The second-order valence-corrected chi connectivity index (χ2v) is 2.43. The summed E-state index contributed by atoms with van der Waals surface area (Å²) in [5, 5.41) is 8.77. The summed E-state index contributed by atoms with van der Waals surface area (Å²) in [5.41, 5.74) is 0.569. The van der Waals surface area contributed by atoms with Crippen molar-refractivity contribution in [3.63, 3.8) is 0 Å². The van der Waals surface area contributed by atoms with Crippen LogP contribution >= 0.6 is 0 Å². The molecule has 1 aromatic heterocycles. The van der Waals surface area contributed by atoms with Gasteiger partial charge in [0.2, 0.25) is 0 Å². The molecule has 0 spiro atoms. The van der Waals surface area contributed by atoms with Gasteiger partial charge in [-0.05, 0) is 12.5 Å². The Hall–Kier alpha value is -1.45. The van der Waals surface area contributed by atoms with Crippen molar-refractivity contribution in [3.05, 3.63) is 24.3 Å². The van der Waals surface area contributed by atoms with Crippen molar-refractivity contribution in [1.29, 1.82) is 0 Å². The average Bonchev–Trinajstić information content (AvgIpc) is 2.07. The summed E-state index contributed by atoms with van der Waals surface area (Å²) in [6, 6.07) is 1.63. The van der Waals surface area contributed by atoms with E-state index in [-0.39, 0.29) is 0 Å². The van der Waals surface area contributed by atoms with Gasteiger partial charge in [-0.15, -0.1) is 0 Å². The molecule has 0 fully saturated rings. The third kappa shape index (κ3) is 1.78. The minimum Gasteiger partial charge on any atom is -0.481 e. The Morgan fingerprint density at radius 2 is 2.50 bits per heavy atom. The maximum Gasteiger partial charge on any atom is 0.312 e. The number of hydrogen-bond donors (Lipinski definition) is 1. The van der Waals surface area contributed by atoms with Gasteiger partial charge in [0.05, 0.1) is 11.6 Å². The molecule has 0 bridgehead atoms. The van der Waals surface area contributed by atoms with Crippen LogP contribution in [0, 0.1) is 0 Å². The van der Waals surface area contributed by atoms with Gasteiger partial charge in [0, 0.05) is 6.20 Å². The Balaban J connectivity index is 2.88. The van der Waals surface area contributed by atoms with Gasteiger partial charge >= 0.3 is 5.97 Å². The molecule has 0 saturated carbocycles. The van der Waals surface area contributed by atoms with E-state index in [1.165, 1.54) is 6.33 Å². The van der Waals surface area contributed by atoms with Crippen LogP contribution in [0.3, 0.4) is 0 Å². The number of carboxylic acid groups (broad SMARTS) is 1. The molecule has 1 heterocycles. The van der Waals surface area contributed by atoms with Crippen LogP contribution in [0.5, 0.6) is 0 Å². The van der Waals surface area contributed by atoms with Gasteiger partial charge in [-0.3, -0.25) is 4.79 Å². The predicted octanol–water partition coefficient (Wildman–Crippen LogP) is 1.05. The lowest BCUT2D eigenvalue weighted by Crippen LogP contribution is -2.11. The molecular weight excluding hydrogens is 156 g/mol. The lowest BCUT2D eigenvalue weighted by molar-refractivity contribution is -0.138. The summed E-state index contributed by atoms with van der Waals surface area (Å²) in [4.78, 5) is 18.3. The molecule has 4 nitrogen and oxygen atoms in total. The lowest BCUT2D eigenvalue weighted by Gasteiger charge is -2.06. The van der Waals surface area contributed by atoms with E-state index in [2.05, 4.69) is 9.97 Å². The highest BCUT2D eigenvalue weighted by atomic mass is 16.4. The molecule has 0 aliphatic heterocycles. The molecule has 1 N–H and O–H groups in total. The van der Waals surface area contributed by atoms with Crippen molar-refractivity contribution >= 4 is 5.97 Å². The van der Waals surface area contributed by atoms with Crippen molar-refractivity contribution in [3.8, 4) is 0 Å². The van der Waals surface area contributed by atoms with Crippen LogP contribution in [0.4, 0.5) is 0 Å². The van der Waals surface area contributed by atoms with Crippen LogP contribution in [0.25, 0.3) is 0 Å². The summed E-state index contributed by atoms with van der Waals surface area (Å²) in [6.07, 6.45) is 3.46. The van der Waals surface area contributed by atoms with Crippen molar-refractivity contribution < 1.29 is 9.90 Å². The fourth-order valence-corrected chi connectivity index (χ4v) is 1.02. The van der Waals surface area contributed by atoms with Gasteiger partial charge in [0.15, 0.2) is 0 Å². The number of carbonyl (C=O) groups is 1. The standard InChI is InChI=1S/C8H10N2O2/c1-2-6(8(11)12)7-3-4-9-5-10-7/h3-6H,2H2,1H3,(H,11,12). The molecule has 1 unspecified atom stereocenters. The van der Waals surface area contributed by atoms with Gasteiger partial charge in [-0.1, -0.05) is 6.92 Å². The van der Waals surface area contributed by atoms with E-state index in [4.69, 9.17) is 5.11 Å². The van der Waals surface area contributed by atoms with Crippen molar-refractivity contribution in [2.24, 2.45) is 0 Å². The minimum atomic E-state index is -0.837. The number of hydrogen-bond acceptors (Lipinski definition) is 3. The molecule has 0 aliphatic carbocycles. The van der Waals surface area contributed by atoms with Gasteiger partial charge < -0.3 is 5.11 Å². The Morgan fingerprint density at radius 1 is 1.75 bits per heavy atom. The normalized spacial score (nSPS) is 12.4. The Kier molecular flexibility index (Phi) is 2.74. The lowest BCUT2D eigenvalue weighted by atomic mass is 10.0. The summed E-state index contributed by atoms with van der Waals surface area (Å²) in [7, 11) is 0. The topological polar surface area (TPSA) is 63.1 Å². The first-order valence-corrected chi connectivity index (χ1v) is 3.74. The van der Waals surface area contributed by atoms with Gasteiger partial charge in [-0.25, -0.2) is 9.97 Å². The van der Waals surface area contributed by atoms with Crippen molar-refractivity contribution in [1.82, 2.24) is 9.97 Å². The second kappa shape index (κ2) is 3.80. The van der Waals surface area contributed by atoms with Crippen molar-refractivity contribution in [2.75, 3.05) is 0 Å². The number of carboxylic acids is 1. The van der Waals surface area contributed by atoms with Crippen molar-refractivity contribution in [2.45, 2.75) is 19.3 Å².